The zero-order valence-corrected chi connectivity index (χ0v) is 11.5. The van der Waals surface area contributed by atoms with Crippen molar-refractivity contribution in [3.63, 3.8) is 0 Å². The Morgan fingerprint density at radius 1 is 1.53 bits per heavy atom. The van der Waals surface area contributed by atoms with Crippen LogP contribution in [0.3, 0.4) is 0 Å². The summed E-state index contributed by atoms with van der Waals surface area (Å²) in [6.45, 7) is 9.70. The van der Waals surface area contributed by atoms with Crippen molar-refractivity contribution in [3.05, 3.63) is 4.77 Å². The van der Waals surface area contributed by atoms with E-state index in [1.165, 1.54) is 0 Å². The van der Waals surface area contributed by atoms with E-state index in [1.807, 2.05) is 0 Å². The molecule has 0 saturated carbocycles. The fourth-order valence-corrected chi connectivity index (χ4v) is 2.39. The number of nitrogens with zero attached hydrogens (tertiary/aromatic N) is 3. The molecule has 0 aliphatic carbocycles. The number of H-pyrrole nitrogens is 1. The quantitative estimate of drug-likeness (QED) is 0.840. The van der Waals surface area contributed by atoms with Crippen molar-refractivity contribution >= 4 is 18.2 Å². The number of ether oxygens (including phenoxy) is 1. The number of hydrogen-bond acceptors (Lipinski definition) is 4. The molecule has 0 amide bonds. The summed E-state index contributed by atoms with van der Waals surface area (Å²) in [6.07, 6.45) is 1.05. The second-order valence-electron chi connectivity index (χ2n) is 5.00. The van der Waals surface area contributed by atoms with Gasteiger partial charge in [-0.15, -0.1) is 5.10 Å². The highest BCUT2D eigenvalue weighted by Gasteiger charge is 2.33. The number of hydrogen-bond donors (Lipinski definition) is 1. The van der Waals surface area contributed by atoms with Gasteiger partial charge < -0.3 is 9.64 Å². The van der Waals surface area contributed by atoms with E-state index in [4.69, 9.17) is 17.0 Å². The molecule has 1 saturated heterocycles. The highest BCUT2D eigenvalue weighted by Crippen LogP contribution is 2.25. The van der Waals surface area contributed by atoms with Crippen molar-refractivity contribution in [2.75, 3.05) is 24.7 Å². The molecule has 6 heteroatoms. The predicted octanol–water partition coefficient (Wildman–Crippen LogP) is 1.97. The Labute approximate surface area is 107 Å². The number of nitrogens with one attached hydrogen (secondary N) is 1. The lowest BCUT2D eigenvalue weighted by Gasteiger charge is -2.42. The van der Waals surface area contributed by atoms with Gasteiger partial charge in [-0.2, -0.15) is 0 Å². The molecular weight excluding hydrogens is 236 g/mol. The Morgan fingerprint density at radius 2 is 2.29 bits per heavy atom. The van der Waals surface area contributed by atoms with Crippen molar-refractivity contribution in [1.29, 1.82) is 0 Å². The van der Waals surface area contributed by atoms with E-state index in [-0.39, 0.29) is 5.54 Å². The zero-order chi connectivity index (χ0) is 12.5. The average molecular weight is 256 g/mol. The average Bonchev–Trinajstić information content (AvgIpc) is 2.61. The van der Waals surface area contributed by atoms with E-state index in [0.717, 1.165) is 38.7 Å². The van der Waals surface area contributed by atoms with E-state index >= 15 is 0 Å². The Morgan fingerprint density at radius 3 is 2.94 bits per heavy atom. The SMILES string of the molecule is CCCn1c(N2CCOCC2(C)C)n[nH]c1=S. The second-order valence-corrected chi connectivity index (χ2v) is 5.38. The van der Waals surface area contributed by atoms with E-state index in [1.54, 1.807) is 0 Å². The Kier molecular flexibility index (Phi) is 3.53. The lowest BCUT2D eigenvalue weighted by atomic mass is 10.0. The Balaban J connectivity index is 2.35. The molecule has 1 aromatic heterocycles. The number of aromatic amines is 1. The third-order valence-electron chi connectivity index (χ3n) is 3.07. The van der Waals surface area contributed by atoms with E-state index < -0.39 is 0 Å². The van der Waals surface area contributed by atoms with Gasteiger partial charge in [-0.3, -0.25) is 4.57 Å². The summed E-state index contributed by atoms with van der Waals surface area (Å²) in [4.78, 5) is 2.28. The lowest BCUT2D eigenvalue weighted by molar-refractivity contribution is 0.0629. The van der Waals surface area contributed by atoms with Gasteiger partial charge in [-0.05, 0) is 32.5 Å². The first-order valence-corrected chi connectivity index (χ1v) is 6.47. The van der Waals surface area contributed by atoms with Gasteiger partial charge in [0.2, 0.25) is 5.95 Å². The van der Waals surface area contributed by atoms with Gasteiger partial charge in [-0.25, -0.2) is 5.10 Å². The molecule has 0 radical (unpaired) electrons. The fraction of sp³-hybridized carbons (Fsp3) is 0.818. The topological polar surface area (TPSA) is 46.1 Å². The van der Waals surface area contributed by atoms with Crippen LogP contribution in [0.25, 0.3) is 0 Å². The smallest absolute Gasteiger partial charge is 0.226 e. The first kappa shape index (κ1) is 12.6. The van der Waals surface area contributed by atoms with Crippen LogP contribution in [0.5, 0.6) is 0 Å². The van der Waals surface area contributed by atoms with Gasteiger partial charge in [-0.1, -0.05) is 6.92 Å². The fourth-order valence-electron chi connectivity index (χ4n) is 2.17. The van der Waals surface area contributed by atoms with Crippen LogP contribution in [0.4, 0.5) is 5.95 Å². The molecule has 5 nitrogen and oxygen atoms in total. The highest BCUT2D eigenvalue weighted by molar-refractivity contribution is 7.71. The molecule has 0 spiro atoms. The molecule has 17 heavy (non-hydrogen) atoms. The molecule has 1 aromatic rings. The maximum absolute atomic E-state index is 5.53. The van der Waals surface area contributed by atoms with Crippen LogP contribution < -0.4 is 4.90 Å². The predicted molar refractivity (Wildman–Crippen MR) is 69.9 cm³/mol. The molecule has 0 aromatic carbocycles. The van der Waals surface area contributed by atoms with Crippen LogP contribution in [0.1, 0.15) is 27.2 Å². The molecule has 1 aliphatic heterocycles. The molecule has 0 bridgehead atoms. The Bertz CT molecular complexity index is 437. The third kappa shape index (κ3) is 2.37. The first-order valence-electron chi connectivity index (χ1n) is 6.07. The summed E-state index contributed by atoms with van der Waals surface area (Å²) in [5.74, 6) is 0.935. The standard InChI is InChI=1S/C11H20N4OS/c1-4-5-14-9(12-13-10(14)17)15-6-7-16-8-11(15,2)3/h4-8H2,1-3H3,(H,13,17). The van der Waals surface area contributed by atoms with E-state index in [0.29, 0.717) is 4.77 Å². The molecule has 1 N–H and O–H groups in total. The van der Waals surface area contributed by atoms with Crippen LogP contribution in [0, 0.1) is 4.77 Å². The lowest BCUT2D eigenvalue weighted by Crippen LogP contribution is -2.54. The maximum atomic E-state index is 5.53. The minimum atomic E-state index is -0.0370. The van der Waals surface area contributed by atoms with E-state index in [2.05, 4.69) is 40.4 Å². The largest absolute Gasteiger partial charge is 0.377 e. The van der Waals surface area contributed by atoms with Crippen LogP contribution in [-0.2, 0) is 11.3 Å². The number of anilines is 1. The van der Waals surface area contributed by atoms with E-state index in [9.17, 15) is 0 Å². The number of aromatic nitrogens is 3. The Hall–Kier alpha value is -0.880. The van der Waals surface area contributed by atoms with Crippen LogP contribution in [0.15, 0.2) is 0 Å². The van der Waals surface area contributed by atoms with Gasteiger partial charge in [0.25, 0.3) is 0 Å². The van der Waals surface area contributed by atoms with Gasteiger partial charge in [0.1, 0.15) is 0 Å². The summed E-state index contributed by atoms with van der Waals surface area (Å²) >= 11 is 5.27. The third-order valence-corrected chi connectivity index (χ3v) is 3.38. The normalized spacial score (nSPS) is 19.6. The molecule has 1 fully saturated rings. The summed E-state index contributed by atoms with van der Waals surface area (Å²) in [5, 5.41) is 7.26. The summed E-state index contributed by atoms with van der Waals surface area (Å²) in [5.41, 5.74) is -0.0370. The van der Waals surface area contributed by atoms with Gasteiger partial charge in [0.05, 0.1) is 18.8 Å². The molecule has 0 atom stereocenters. The van der Waals surface area contributed by atoms with Crippen LogP contribution in [0.2, 0.25) is 0 Å². The minimum Gasteiger partial charge on any atom is -0.377 e. The molecular formula is C11H20N4OS. The summed E-state index contributed by atoms with van der Waals surface area (Å²) < 4.78 is 8.30. The van der Waals surface area contributed by atoms with Crippen molar-refractivity contribution in [2.45, 2.75) is 39.3 Å². The van der Waals surface area contributed by atoms with Gasteiger partial charge >= 0.3 is 0 Å². The number of morpholine rings is 1. The van der Waals surface area contributed by atoms with Crippen LogP contribution in [-0.4, -0.2) is 40.1 Å². The summed E-state index contributed by atoms with van der Waals surface area (Å²) in [6, 6.07) is 0. The molecule has 96 valence electrons. The summed E-state index contributed by atoms with van der Waals surface area (Å²) in [7, 11) is 0. The monoisotopic (exact) mass is 256 g/mol. The van der Waals surface area contributed by atoms with Gasteiger partial charge in [0, 0.05) is 13.1 Å². The van der Waals surface area contributed by atoms with Crippen molar-refractivity contribution in [3.8, 4) is 0 Å². The highest BCUT2D eigenvalue weighted by atomic mass is 32.1. The number of rotatable bonds is 3. The molecule has 2 rings (SSSR count). The maximum Gasteiger partial charge on any atom is 0.226 e. The zero-order valence-electron chi connectivity index (χ0n) is 10.7. The minimum absolute atomic E-state index is 0.0370. The van der Waals surface area contributed by atoms with Crippen molar-refractivity contribution in [1.82, 2.24) is 14.8 Å². The molecule has 1 aliphatic rings. The molecule has 0 unspecified atom stereocenters. The van der Waals surface area contributed by atoms with Crippen molar-refractivity contribution in [2.24, 2.45) is 0 Å². The van der Waals surface area contributed by atoms with Crippen LogP contribution >= 0.6 is 12.2 Å². The van der Waals surface area contributed by atoms with Gasteiger partial charge in [0.15, 0.2) is 4.77 Å². The molecule has 2 heterocycles. The van der Waals surface area contributed by atoms with Crippen molar-refractivity contribution < 1.29 is 4.74 Å². The second kappa shape index (κ2) is 4.78. The first-order chi connectivity index (χ1) is 8.06.